The maximum Gasteiger partial charge on any atom is 0.255 e. The lowest BCUT2D eigenvalue weighted by molar-refractivity contribution is -0.114. The van der Waals surface area contributed by atoms with Crippen LogP contribution in [0.4, 0.5) is 15.8 Å². The smallest absolute Gasteiger partial charge is 0.255 e. The molecule has 0 atom stereocenters. The van der Waals surface area contributed by atoms with Crippen LogP contribution in [0.1, 0.15) is 30.1 Å². The number of benzene rings is 2. The van der Waals surface area contributed by atoms with E-state index in [1.165, 1.54) is 12.1 Å². The van der Waals surface area contributed by atoms with Crippen molar-refractivity contribution in [3.05, 3.63) is 71.2 Å². The molecule has 4 nitrogen and oxygen atoms in total. The first-order chi connectivity index (χ1) is 11.5. The van der Waals surface area contributed by atoms with Crippen LogP contribution in [0.25, 0.3) is 0 Å². The van der Waals surface area contributed by atoms with Gasteiger partial charge in [0.15, 0.2) is 5.78 Å². The molecule has 2 aromatic carbocycles. The summed E-state index contributed by atoms with van der Waals surface area (Å²) < 4.78 is 13.6. The molecule has 0 saturated carbocycles. The first-order valence-electron chi connectivity index (χ1n) is 7.70. The second kappa shape index (κ2) is 6.66. The minimum absolute atomic E-state index is 0.148. The SMILES string of the molecule is CC1=C(Nc2ccc(C(=O)Nc3ccccc3F)cc2)CCC1=O. The predicted molar refractivity (Wildman–Crippen MR) is 91.4 cm³/mol. The Hall–Kier alpha value is -2.95. The molecule has 0 aromatic heterocycles. The molecule has 0 saturated heterocycles. The molecule has 0 aliphatic heterocycles. The van der Waals surface area contributed by atoms with Gasteiger partial charge in [0.1, 0.15) is 5.82 Å². The summed E-state index contributed by atoms with van der Waals surface area (Å²) in [5, 5.41) is 5.76. The predicted octanol–water partition coefficient (Wildman–Crippen LogP) is 4.13. The van der Waals surface area contributed by atoms with Crippen LogP contribution < -0.4 is 10.6 Å². The molecule has 5 heteroatoms. The first kappa shape index (κ1) is 15.9. The molecule has 0 fully saturated rings. The number of hydrogen-bond donors (Lipinski definition) is 2. The van der Waals surface area contributed by atoms with Crippen molar-refractivity contribution in [1.29, 1.82) is 0 Å². The summed E-state index contributed by atoms with van der Waals surface area (Å²) in [5.74, 6) is -0.686. The lowest BCUT2D eigenvalue weighted by Gasteiger charge is -2.10. The standard InChI is InChI=1S/C19H17FN2O2/c1-12-16(10-11-18(12)23)21-14-8-6-13(7-9-14)19(24)22-17-5-3-2-4-15(17)20/h2-9,21H,10-11H2,1H3,(H,22,24). The second-order valence-corrected chi connectivity index (χ2v) is 5.66. The number of allylic oxidation sites excluding steroid dienone is 2. The highest BCUT2D eigenvalue weighted by Crippen LogP contribution is 2.24. The van der Waals surface area contributed by atoms with Crippen molar-refractivity contribution in [2.45, 2.75) is 19.8 Å². The number of nitrogens with one attached hydrogen (secondary N) is 2. The Bertz CT molecular complexity index is 826. The van der Waals surface area contributed by atoms with Crippen molar-refractivity contribution < 1.29 is 14.0 Å². The molecule has 2 aromatic rings. The fourth-order valence-corrected chi connectivity index (χ4v) is 2.57. The van der Waals surface area contributed by atoms with Crippen LogP contribution in [-0.4, -0.2) is 11.7 Å². The Morgan fingerprint density at radius 2 is 1.75 bits per heavy atom. The van der Waals surface area contributed by atoms with Crippen molar-refractivity contribution >= 4 is 23.1 Å². The second-order valence-electron chi connectivity index (χ2n) is 5.66. The Morgan fingerprint density at radius 3 is 2.38 bits per heavy atom. The zero-order valence-corrected chi connectivity index (χ0v) is 13.2. The van der Waals surface area contributed by atoms with E-state index in [9.17, 15) is 14.0 Å². The fraction of sp³-hybridized carbons (Fsp3) is 0.158. The number of carbonyl (C=O) groups excluding carboxylic acids is 2. The molecular formula is C19H17FN2O2. The number of para-hydroxylation sites is 1. The summed E-state index contributed by atoms with van der Waals surface area (Å²) in [4.78, 5) is 23.7. The van der Waals surface area contributed by atoms with E-state index in [0.29, 0.717) is 18.4 Å². The zero-order chi connectivity index (χ0) is 17.1. The molecule has 0 bridgehead atoms. The van der Waals surface area contributed by atoms with Gasteiger partial charge in [0, 0.05) is 28.9 Å². The molecule has 0 radical (unpaired) electrons. The average Bonchev–Trinajstić information content (AvgIpc) is 2.90. The van der Waals surface area contributed by atoms with Gasteiger partial charge in [-0.15, -0.1) is 0 Å². The highest BCUT2D eigenvalue weighted by Gasteiger charge is 2.19. The molecule has 0 heterocycles. The van der Waals surface area contributed by atoms with Gasteiger partial charge >= 0.3 is 0 Å². The Labute approximate surface area is 139 Å². The van der Waals surface area contributed by atoms with Gasteiger partial charge in [0.25, 0.3) is 5.91 Å². The van der Waals surface area contributed by atoms with E-state index in [4.69, 9.17) is 0 Å². The van der Waals surface area contributed by atoms with E-state index in [2.05, 4.69) is 10.6 Å². The minimum atomic E-state index is -0.475. The van der Waals surface area contributed by atoms with Crippen LogP contribution in [0, 0.1) is 5.82 Å². The number of amides is 1. The van der Waals surface area contributed by atoms with Crippen molar-refractivity contribution in [2.75, 3.05) is 10.6 Å². The van der Waals surface area contributed by atoms with Gasteiger partial charge in [0.05, 0.1) is 5.69 Å². The van der Waals surface area contributed by atoms with E-state index in [1.54, 1.807) is 36.4 Å². The maximum absolute atomic E-state index is 13.6. The van der Waals surface area contributed by atoms with Gasteiger partial charge < -0.3 is 10.6 Å². The first-order valence-corrected chi connectivity index (χ1v) is 7.70. The van der Waals surface area contributed by atoms with E-state index in [-0.39, 0.29) is 17.4 Å². The molecular weight excluding hydrogens is 307 g/mol. The summed E-state index contributed by atoms with van der Waals surface area (Å²) in [7, 11) is 0. The third-order valence-electron chi connectivity index (χ3n) is 4.04. The van der Waals surface area contributed by atoms with E-state index >= 15 is 0 Å². The van der Waals surface area contributed by atoms with Gasteiger partial charge in [-0.25, -0.2) is 4.39 Å². The number of halogens is 1. The number of anilines is 2. The number of carbonyl (C=O) groups is 2. The van der Waals surface area contributed by atoms with Crippen LogP contribution in [0.5, 0.6) is 0 Å². The third-order valence-corrected chi connectivity index (χ3v) is 4.04. The van der Waals surface area contributed by atoms with Crippen LogP contribution in [-0.2, 0) is 4.79 Å². The van der Waals surface area contributed by atoms with Crippen LogP contribution >= 0.6 is 0 Å². The van der Waals surface area contributed by atoms with Crippen LogP contribution in [0.3, 0.4) is 0 Å². The molecule has 2 N–H and O–H groups in total. The largest absolute Gasteiger partial charge is 0.359 e. The van der Waals surface area contributed by atoms with E-state index in [0.717, 1.165) is 17.0 Å². The molecule has 1 aliphatic rings. The summed E-state index contributed by atoms with van der Waals surface area (Å²) in [6, 6.07) is 12.9. The number of rotatable bonds is 4. The quantitative estimate of drug-likeness (QED) is 0.889. The Balaban J connectivity index is 1.69. The van der Waals surface area contributed by atoms with Crippen molar-refractivity contribution in [3.8, 4) is 0 Å². The molecule has 24 heavy (non-hydrogen) atoms. The van der Waals surface area contributed by atoms with Gasteiger partial charge in [-0.05, 0) is 49.7 Å². The fourth-order valence-electron chi connectivity index (χ4n) is 2.57. The highest BCUT2D eigenvalue weighted by atomic mass is 19.1. The molecule has 1 aliphatic carbocycles. The number of hydrogen-bond acceptors (Lipinski definition) is 3. The lowest BCUT2D eigenvalue weighted by Crippen LogP contribution is -2.13. The molecule has 1 amide bonds. The Kier molecular flexibility index (Phi) is 4.42. The summed E-state index contributed by atoms with van der Waals surface area (Å²) >= 11 is 0. The zero-order valence-electron chi connectivity index (χ0n) is 13.2. The topological polar surface area (TPSA) is 58.2 Å². The summed E-state index contributed by atoms with van der Waals surface area (Å²) in [6.45, 7) is 1.81. The van der Waals surface area contributed by atoms with Gasteiger partial charge in [0.2, 0.25) is 0 Å². The van der Waals surface area contributed by atoms with Crippen LogP contribution in [0.15, 0.2) is 59.8 Å². The third kappa shape index (κ3) is 3.35. The maximum atomic E-state index is 13.6. The molecule has 122 valence electrons. The van der Waals surface area contributed by atoms with Gasteiger partial charge in [-0.2, -0.15) is 0 Å². The number of ketones is 1. The lowest BCUT2D eigenvalue weighted by atomic mass is 10.1. The monoisotopic (exact) mass is 324 g/mol. The van der Waals surface area contributed by atoms with Crippen LogP contribution in [0.2, 0.25) is 0 Å². The molecule has 0 spiro atoms. The van der Waals surface area contributed by atoms with Crippen molar-refractivity contribution in [2.24, 2.45) is 0 Å². The summed E-state index contributed by atoms with van der Waals surface area (Å²) in [6.07, 6.45) is 1.25. The highest BCUT2D eigenvalue weighted by molar-refractivity contribution is 6.04. The van der Waals surface area contributed by atoms with E-state index < -0.39 is 5.82 Å². The van der Waals surface area contributed by atoms with E-state index in [1.807, 2.05) is 6.92 Å². The normalized spacial score (nSPS) is 14.0. The Morgan fingerprint density at radius 1 is 1.04 bits per heavy atom. The van der Waals surface area contributed by atoms with Crippen molar-refractivity contribution in [1.82, 2.24) is 0 Å². The molecule has 3 rings (SSSR count). The molecule has 0 unspecified atom stereocenters. The number of Topliss-reactive ketones (excluding diaryl/α,β-unsaturated/α-hetero) is 1. The summed E-state index contributed by atoms with van der Waals surface area (Å²) in [5.41, 5.74) is 3.06. The minimum Gasteiger partial charge on any atom is -0.359 e. The van der Waals surface area contributed by atoms with Gasteiger partial charge in [-0.3, -0.25) is 9.59 Å². The van der Waals surface area contributed by atoms with Crippen molar-refractivity contribution in [3.63, 3.8) is 0 Å². The average molecular weight is 324 g/mol. The van der Waals surface area contributed by atoms with Gasteiger partial charge in [-0.1, -0.05) is 12.1 Å².